The zero-order valence-corrected chi connectivity index (χ0v) is 11.6. The maximum Gasteiger partial charge on any atom is 0.335 e. The van der Waals surface area contributed by atoms with E-state index in [1.165, 1.54) is 0 Å². The van der Waals surface area contributed by atoms with E-state index in [2.05, 4.69) is 24.5 Å². The lowest BCUT2D eigenvalue weighted by Crippen LogP contribution is -2.31. The monoisotopic (exact) mass is 266 g/mol. The fraction of sp³-hybridized carbons (Fsp3) is 0.385. The summed E-state index contributed by atoms with van der Waals surface area (Å²) < 4.78 is 0. The third-order valence-corrected chi connectivity index (χ3v) is 2.65. The van der Waals surface area contributed by atoms with Gasteiger partial charge in [0.25, 0.3) is 0 Å². The summed E-state index contributed by atoms with van der Waals surface area (Å²) in [5, 5.41) is 15.5. The number of carboxylic acids is 1. The van der Waals surface area contributed by atoms with Crippen LogP contribution < -0.4 is 10.6 Å². The van der Waals surface area contributed by atoms with Gasteiger partial charge < -0.3 is 15.7 Å². The highest BCUT2D eigenvalue weighted by Crippen LogP contribution is 2.16. The van der Waals surface area contributed by atoms with E-state index in [1.54, 1.807) is 18.2 Å². The summed E-state index contributed by atoms with van der Waals surface area (Å²) in [7, 11) is 0. The molecule has 0 atom stereocenters. The third kappa shape index (κ3) is 4.33. The molecule has 0 aliphatic heterocycles. The van der Waals surface area contributed by atoms with Crippen LogP contribution in [0.25, 0.3) is 0 Å². The number of hydrogen-bond donors (Lipinski definition) is 3. The average Bonchev–Trinajstić information content (AvgIpc) is 2.29. The van der Waals surface area contributed by atoms with E-state index < -0.39 is 5.97 Å². The van der Waals surface area contributed by atoms with Gasteiger partial charge in [-0.25, -0.2) is 4.79 Å². The van der Waals surface area contributed by atoms with Gasteiger partial charge in [-0.1, -0.05) is 19.9 Å². The van der Waals surface area contributed by atoms with Crippen LogP contribution in [0.1, 0.15) is 29.8 Å². The van der Waals surface area contributed by atoms with Crippen molar-refractivity contribution < 1.29 is 9.90 Å². The van der Waals surface area contributed by atoms with Crippen molar-refractivity contribution in [2.45, 2.75) is 20.8 Å². The van der Waals surface area contributed by atoms with E-state index in [-0.39, 0.29) is 5.56 Å². The van der Waals surface area contributed by atoms with Gasteiger partial charge >= 0.3 is 5.97 Å². The number of anilines is 1. The van der Waals surface area contributed by atoms with Crippen molar-refractivity contribution in [1.29, 1.82) is 0 Å². The second-order valence-electron chi connectivity index (χ2n) is 4.56. The number of aromatic carboxylic acids is 1. The standard InChI is InChI=1S/C13H18N2O2S/c1-8(2)7-14-13(18)15-11-6-10(12(16)17)5-4-9(11)3/h4-6,8H,7H2,1-3H3,(H,16,17)(H2,14,15,18). The fourth-order valence-electron chi connectivity index (χ4n) is 1.35. The first kappa shape index (κ1) is 14.4. The van der Waals surface area contributed by atoms with Crippen molar-refractivity contribution in [3.8, 4) is 0 Å². The van der Waals surface area contributed by atoms with Crippen LogP contribution in [-0.4, -0.2) is 22.7 Å². The van der Waals surface area contributed by atoms with Gasteiger partial charge in [0.2, 0.25) is 0 Å². The van der Waals surface area contributed by atoms with E-state index >= 15 is 0 Å². The Labute approximate surface area is 112 Å². The molecule has 0 aliphatic carbocycles. The highest BCUT2D eigenvalue weighted by molar-refractivity contribution is 7.80. The van der Waals surface area contributed by atoms with Crippen LogP contribution in [-0.2, 0) is 0 Å². The topological polar surface area (TPSA) is 61.4 Å². The van der Waals surface area contributed by atoms with Gasteiger partial charge in [-0.2, -0.15) is 0 Å². The molecule has 0 amide bonds. The highest BCUT2D eigenvalue weighted by atomic mass is 32.1. The Hall–Kier alpha value is -1.62. The minimum Gasteiger partial charge on any atom is -0.478 e. The summed E-state index contributed by atoms with van der Waals surface area (Å²) >= 11 is 5.15. The largest absolute Gasteiger partial charge is 0.478 e. The summed E-state index contributed by atoms with van der Waals surface area (Å²) in [5.74, 6) is -0.449. The number of nitrogens with one attached hydrogen (secondary N) is 2. The number of hydrogen-bond acceptors (Lipinski definition) is 2. The number of carboxylic acid groups (broad SMARTS) is 1. The first-order valence-corrected chi connectivity index (χ1v) is 6.19. The van der Waals surface area contributed by atoms with Crippen LogP contribution in [0.2, 0.25) is 0 Å². The van der Waals surface area contributed by atoms with Crippen LogP contribution >= 0.6 is 12.2 Å². The summed E-state index contributed by atoms with van der Waals surface area (Å²) in [5.41, 5.74) is 1.92. The van der Waals surface area contributed by atoms with Crippen molar-refractivity contribution in [3.63, 3.8) is 0 Å². The molecule has 1 aromatic rings. The first-order valence-electron chi connectivity index (χ1n) is 5.79. The fourth-order valence-corrected chi connectivity index (χ4v) is 1.55. The highest BCUT2D eigenvalue weighted by Gasteiger charge is 2.07. The SMILES string of the molecule is Cc1ccc(C(=O)O)cc1NC(=S)NCC(C)C. The molecule has 0 radical (unpaired) electrons. The van der Waals surface area contributed by atoms with Gasteiger partial charge in [0.05, 0.1) is 5.56 Å². The molecule has 3 N–H and O–H groups in total. The molecule has 0 saturated carbocycles. The Bertz CT molecular complexity index is 458. The Kier molecular flexibility index (Phi) is 5.09. The molecular formula is C13H18N2O2S. The first-order chi connectivity index (χ1) is 8.40. The minimum absolute atomic E-state index is 0.245. The predicted octanol–water partition coefficient (Wildman–Crippen LogP) is 2.64. The molecule has 0 unspecified atom stereocenters. The molecular weight excluding hydrogens is 248 g/mol. The second kappa shape index (κ2) is 6.35. The van der Waals surface area contributed by atoms with Crippen molar-refractivity contribution in [3.05, 3.63) is 29.3 Å². The molecule has 0 spiro atoms. The molecule has 1 aromatic carbocycles. The lowest BCUT2D eigenvalue weighted by Gasteiger charge is -2.14. The second-order valence-corrected chi connectivity index (χ2v) is 4.97. The molecule has 5 heteroatoms. The van der Waals surface area contributed by atoms with Crippen LogP contribution in [0.4, 0.5) is 5.69 Å². The molecule has 0 bridgehead atoms. The van der Waals surface area contributed by atoms with Crippen LogP contribution in [0.15, 0.2) is 18.2 Å². The van der Waals surface area contributed by atoms with Crippen molar-refractivity contribution in [2.24, 2.45) is 5.92 Å². The van der Waals surface area contributed by atoms with Crippen LogP contribution in [0.5, 0.6) is 0 Å². The molecule has 0 aliphatic rings. The number of carbonyl (C=O) groups is 1. The van der Waals surface area contributed by atoms with Gasteiger partial charge in [0, 0.05) is 12.2 Å². The maximum atomic E-state index is 10.9. The Morgan fingerprint density at radius 1 is 1.44 bits per heavy atom. The van der Waals surface area contributed by atoms with Gasteiger partial charge in [0.15, 0.2) is 5.11 Å². The quantitative estimate of drug-likeness (QED) is 0.731. The molecule has 0 heterocycles. The van der Waals surface area contributed by atoms with E-state index in [0.717, 1.165) is 17.8 Å². The summed E-state index contributed by atoms with van der Waals surface area (Å²) in [6, 6.07) is 4.92. The zero-order chi connectivity index (χ0) is 13.7. The molecule has 1 rings (SSSR count). The van der Waals surface area contributed by atoms with Gasteiger partial charge in [-0.3, -0.25) is 0 Å². The normalized spacial score (nSPS) is 10.2. The van der Waals surface area contributed by atoms with E-state index in [9.17, 15) is 4.79 Å². The number of thiocarbonyl (C=S) groups is 1. The van der Waals surface area contributed by atoms with Crippen LogP contribution in [0, 0.1) is 12.8 Å². The maximum absolute atomic E-state index is 10.9. The van der Waals surface area contributed by atoms with Crippen molar-refractivity contribution in [2.75, 3.05) is 11.9 Å². The number of benzene rings is 1. The predicted molar refractivity (Wildman–Crippen MR) is 77.2 cm³/mol. The molecule has 4 nitrogen and oxygen atoms in total. The summed E-state index contributed by atoms with van der Waals surface area (Å²) in [6.45, 7) is 6.86. The minimum atomic E-state index is -0.945. The average molecular weight is 266 g/mol. The van der Waals surface area contributed by atoms with E-state index in [4.69, 9.17) is 17.3 Å². The Balaban J connectivity index is 2.74. The van der Waals surface area contributed by atoms with Gasteiger partial charge in [-0.05, 0) is 42.8 Å². The Morgan fingerprint density at radius 3 is 2.67 bits per heavy atom. The van der Waals surface area contributed by atoms with E-state index in [1.807, 2.05) is 6.92 Å². The van der Waals surface area contributed by atoms with Crippen molar-refractivity contribution in [1.82, 2.24) is 5.32 Å². The summed E-state index contributed by atoms with van der Waals surface area (Å²) in [6.07, 6.45) is 0. The molecule has 98 valence electrons. The molecule has 18 heavy (non-hydrogen) atoms. The Morgan fingerprint density at radius 2 is 2.11 bits per heavy atom. The zero-order valence-electron chi connectivity index (χ0n) is 10.8. The smallest absolute Gasteiger partial charge is 0.335 e. The lowest BCUT2D eigenvalue weighted by molar-refractivity contribution is 0.0697. The van der Waals surface area contributed by atoms with Gasteiger partial charge in [0.1, 0.15) is 0 Å². The van der Waals surface area contributed by atoms with Crippen LogP contribution in [0.3, 0.4) is 0 Å². The summed E-state index contributed by atoms with van der Waals surface area (Å²) in [4.78, 5) is 10.9. The lowest BCUT2D eigenvalue weighted by atomic mass is 10.1. The van der Waals surface area contributed by atoms with E-state index in [0.29, 0.717) is 11.0 Å². The number of rotatable bonds is 4. The van der Waals surface area contributed by atoms with Gasteiger partial charge in [-0.15, -0.1) is 0 Å². The van der Waals surface area contributed by atoms with Crippen molar-refractivity contribution >= 4 is 29.0 Å². The molecule has 0 saturated heterocycles. The third-order valence-electron chi connectivity index (χ3n) is 2.40. The molecule has 0 aromatic heterocycles. The molecule has 0 fully saturated rings. The number of aryl methyl sites for hydroxylation is 1.